The summed E-state index contributed by atoms with van der Waals surface area (Å²) in [6, 6.07) is 53.3. The third kappa shape index (κ3) is 6.05. The summed E-state index contributed by atoms with van der Waals surface area (Å²) in [7, 11) is 0. The van der Waals surface area contributed by atoms with Gasteiger partial charge in [-0.05, 0) is 114 Å². The van der Waals surface area contributed by atoms with Crippen molar-refractivity contribution in [2.45, 2.75) is 13.8 Å². The van der Waals surface area contributed by atoms with Crippen LogP contribution < -0.4 is 14.5 Å². The molecular formula is C50H36F2N4O. The van der Waals surface area contributed by atoms with Crippen molar-refractivity contribution in [1.82, 2.24) is 9.55 Å². The zero-order valence-corrected chi connectivity index (χ0v) is 31.3. The normalized spacial score (nSPS) is 12.4. The van der Waals surface area contributed by atoms with Crippen LogP contribution in [-0.4, -0.2) is 16.2 Å². The summed E-state index contributed by atoms with van der Waals surface area (Å²) in [6.45, 7) is 4.61. The average Bonchev–Trinajstić information content (AvgIpc) is 3.77. The highest BCUT2D eigenvalue weighted by molar-refractivity contribution is 6.09. The number of nitrogens with zero attached hydrogens (tertiary/aromatic N) is 4. The van der Waals surface area contributed by atoms with Crippen LogP contribution in [0.2, 0.25) is 0 Å². The van der Waals surface area contributed by atoms with Gasteiger partial charge in [0.15, 0.2) is 0 Å². The number of fused-ring (bicyclic) bond motifs is 4. The molecule has 1 aliphatic heterocycles. The van der Waals surface area contributed by atoms with E-state index in [1.807, 2.05) is 77.8 Å². The van der Waals surface area contributed by atoms with Crippen LogP contribution in [0.3, 0.4) is 0 Å². The van der Waals surface area contributed by atoms with E-state index in [1.165, 1.54) is 12.1 Å². The maximum absolute atomic E-state index is 15.4. The second-order valence-corrected chi connectivity index (χ2v) is 14.5. The first-order valence-corrected chi connectivity index (χ1v) is 18.9. The van der Waals surface area contributed by atoms with Gasteiger partial charge in [-0.3, -0.25) is 4.57 Å². The Labute approximate surface area is 329 Å². The van der Waals surface area contributed by atoms with Crippen molar-refractivity contribution in [1.29, 1.82) is 0 Å². The molecule has 3 heterocycles. The van der Waals surface area contributed by atoms with Gasteiger partial charge in [0.05, 0.1) is 28.1 Å². The van der Waals surface area contributed by atoms with Gasteiger partial charge >= 0.3 is 0 Å². The van der Waals surface area contributed by atoms with E-state index < -0.39 is 11.6 Å². The van der Waals surface area contributed by atoms with E-state index in [1.54, 1.807) is 0 Å². The molecule has 57 heavy (non-hydrogen) atoms. The average molecular weight is 747 g/mol. The maximum atomic E-state index is 15.4. The van der Waals surface area contributed by atoms with Crippen LogP contribution in [0.5, 0.6) is 11.5 Å². The van der Waals surface area contributed by atoms with Gasteiger partial charge in [0, 0.05) is 40.9 Å². The van der Waals surface area contributed by atoms with Crippen LogP contribution >= 0.6 is 0 Å². The van der Waals surface area contributed by atoms with Gasteiger partial charge in [-0.25, -0.2) is 13.8 Å². The molecule has 0 saturated carbocycles. The molecule has 7 aromatic carbocycles. The minimum atomic E-state index is -0.618. The van der Waals surface area contributed by atoms with Crippen molar-refractivity contribution < 1.29 is 13.5 Å². The molecule has 5 nitrogen and oxygen atoms in total. The lowest BCUT2D eigenvalue weighted by Gasteiger charge is -2.24. The van der Waals surface area contributed by atoms with Crippen molar-refractivity contribution in [3.8, 4) is 39.6 Å². The predicted molar refractivity (Wildman–Crippen MR) is 227 cm³/mol. The summed E-state index contributed by atoms with van der Waals surface area (Å²) in [5, 5.41) is 2.23. The lowest BCUT2D eigenvalue weighted by molar-refractivity contribution is 0.483. The van der Waals surface area contributed by atoms with Crippen LogP contribution in [0.4, 0.5) is 31.5 Å². The van der Waals surface area contributed by atoms with E-state index in [0.29, 0.717) is 23.9 Å². The highest BCUT2D eigenvalue weighted by Crippen LogP contribution is 2.47. The molecule has 0 aliphatic carbocycles. The number of anilines is 4. The third-order valence-corrected chi connectivity index (χ3v) is 10.8. The Balaban J connectivity index is 1.12. The number of rotatable bonds is 7. The van der Waals surface area contributed by atoms with Crippen molar-refractivity contribution >= 4 is 44.6 Å². The summed E-state index contributed by atoms with van der Waals surface area (Å²) in [6.07, 6.45) is 1.81. The van der Waals surface area contributed by atoms with Crippen LogP contribution in [0.15, 0.2) is 170 Å². The fraction of sp³-hybridized carbons (Fsp3) is 0.0600. The zero-order valence-electron chi connectivity index (χ0n) is 31.3. The molecule has 1 aliphatic rings. The van der Waals surface area contributed by atoms with Crippen molar-refractivity contribution in [3.63, 3.8) is 0 Å². The molecule has 0 fully saturated rings. The first-order chi connectivity index (χ1) is 27.9. The summed E-state index contributed by atoms with van der Waals surface area (Å²) >= 11 is 0. The van der Waals surface area contributed by atoms with Crippen LogP contribution in [0, 0.1) is 25.5 Å². The fourth-order valence-corrected chi connectivity index (χ4v) is 8.38. The number of aromatic nitrogens is 2. The van der Waals surface area contributed by atoms with Crippen LogP contribution in [0.1, 0.15) is 11.1 Å². The summed E-state index contributed by atoms with van der Waals surface area (Å²) < 4.78 is 38.4. The predicted octanol–water partition coefficient (Wildman–Crippen LogP) is 13.4. The number of para-hydroxylation sites is 3. The molecule has 0 spiro atoms. The van der Waals surface area contributed by atoms with E-state index >= 15 is 4.39 Å². The van der Waals surface area contributed by atoms with Gasteiger partial charge in [-0.15, -0.1) is 0 Å². The lowest BCUT2D eigenvalue weighted by Crippen LogP contribution is -2.24. The van der Waals surface area contributed by atoms with Gasteiger partial charge in [-0.2, -0.15) is 0 Å². The topological polar surface area (TPSA) is 33.5 Å². The lowest BCUT2D eigenvalue weighted by atomic mass is 9.91. The number of aryl methyl sites for hydroxylation is 2. The molecule has 2 aromatic heterocycles. The number of ether oxygens (including phenoxy) is 1. The Morgan fingerprint density at radius 3 is 2.02 bits per heavy atom. The van der Waals surface area contributed by atoms with Crippen molar-refractivity contribution in [3.05, 3.63) is 193 Å². The molecule has 7 heteroatoms. The van der Waals surface area contributed by atoms with Crippen molar-refractivity contribution in [2.24, 2.45) is 0 Å². The number of hydrogen-bond donors (Lipinski definition) is 0. The van der Waals surface area contributed by atoms with E-state index in [2.05, 4.69) is 102 Å². The van der Waals surface area contributed by atoms with Gasteiger partial charge in [0.1, 0.15) is 35.6 Å². The summed E-state index contributed by atoms with van der Waals surface area (Å²) in [5.41, 5.74) is 11.6. The molecule has 276 valence electrons. The molecule has 0 saturated heterocycles. The monoisotopic (exact) mass is 746 g/mol. The number of halogens is 2. The SMILES string of the molecule is Cc1cc(-c2ccccc2)cc(C)c1-c1cc(Oc2ccc3c4ccccc4n(-c4ccccn4)c3c2)cc(N2CN(c3ccc(F)cc3F)c3ccccc32)c1. The van der Waals surface area contributed by atoms with Gasteiger partial charge in [0.25, 0.3) is 0 Å². The number of hydrogen-bond acceptors (Lipinski definition) is 4. The Morgan fingerprint density at radius 2 is 1.25 bits per heavy atom. The van der Waals surface area contributed by atoms with Crippen molar-refractivity contribution in [2.75, 3.05) is 16.5 Å². The molecule has 0 N–H and O–H groups in total. The smallest absolute Gasteiger partial charge is 0.149 e. The molecule has 0 unspecified atom stereocenters. The molecule has 0 radical (unpaired) electrons. The second kappa shape index (κ2) is 13.8. The minimum absolute atomic E-state index is 0.304. The Kier molecular flexibility index (Phi) is 8.29. The Hall–Kier alpha value is -7.25. The molecule has 0 bridgehead atoms. The fourth-order valence-electron chi connectivity index (χ4n) is 8.38. The zero-order chi connectivity index (χ0) is 38.6. The highest BCUT2D eigenvalue weighted by Gasteiger charge is 2.30. The molecular weight excluding hydrogens is 711 g/mol. The largest absolute Gasteiger partial charge is 0.457 e. The molecule has 0 amide bonds. The Bertz CT molecular complexity index is 2960. The third-order valence-electron chi connectivity index (χ3n) is 10.8. The van der Waals surface area contributed by atoms with E-state index in [0.717, 1.165) is 84.1 Å². The standard InChI is InChI=1S/C50H36F2N4O/c1-32-24-35(34-12-4-3-5-13-34)25-33(2)50(32)36-26-38(54-31-55(47-17-9-8-16-46(47)54)45-22-19-37(51)28-43(45)52)29-40(27-36)57-39-20-21-42-41-14-6-7-15-44(41)56(48(42)30-39)49-18-10-11-23-53-49/h3-30H,31H2,1-2H3. The van der Waals surface area contributed by atoms with Crippen LogP contribution in [-0.2, 0) is 0 Å². The minimum Gasteiger partial charge on any atom is -0.457 e. The van der Waals surface area contributed by atoms with Gasteiger partial charge in [-0.1, -0.05) is 78.9 Å². The van der Waals surface area contributed by atoms with Gasteiger partial charge < -0.3 is 14.5 Å². The number of pyridine rings is 1. The van der Waals surface area contributed by atoms with E-state index in [9.17, 15) is 4.39 Å². The maximum Gasteiger partial charge on any atom is 0.149 e. The summed E-state index contributed by atoms with van der Waals surface area (Å²) in [4.78, 5) is 8.74. The first-order valence-electron chi connectivity index (χ1n) is 18.9. The summed E-state index contributed by atoms with van der Waals surface area (Å²) in [5.74, 6) is 0.919. The first kappa shape index (κ1) is 34.3. The second-order valence-electron chi connectivity index (χ2n) is 14.5. The molecule has 9 aromatic rings. The quantitative estimate of drug-likeness (QED) is 0.163. The number of benzene rings is 7. The highest BCUT2D eigenvalue weighted by atomic mass is 19.1. The molecule has 10 rings (SSSR count). The van der Waals surface area contributed by atoms with Crippen LogP contribution in [0.25, 0.3) is 49.9 Å². The van der Waals surface area contributed by atoms with Gasteiger partial charge in [0.2, 0.25) is 0 Å². The Morgan fingerprint density at radius 1 is 0.526 bits per heavy atom. The molecule has 0 atom stereocenters. The van der Waals surface area contributed by atoms with E-state index in [-0.39, 0.29) is 0 Å². The van der Waals surface area contributed by atoms with E-state index in [4.69, 9.17) is 9.72 Å².